The molecule has 2 rings (SSSR count). The van der Waals surface area contributed by atoms with Crippen LogP contribution in [0.2, 0.25) is 0 Å². The molecule has 0 saturated carbocycles. The monoisotopic (exact) mass is 273 g/mol. The Bertz CT molecular complexity index is 345. The molecule has 0 radical (unpaired) electrons. The number of aromatic nitrogens is 2. The molecule has 2 heterocycles. The maximum Gasteiger partial charge on any atom is 0.0895 e. The smallest absolute Gasteiger partial charge is 0.0895 e. The first-order valence-corrected chi connectivity index (χ1v) is 5.99. The van der Waals surface area contributed by atoms with Crippen molar-refractivity contribution in [3.63, 3.8) is 0 Å². The standard InChI is InChI=1S/C10H16BrN3O/c1-7-10(11)8(2)14(13-7)6-9-5-12-3-4-15-9/h9,12H,3-6H2,1-2H3. The lowest BCUT2D eigenvalue weighted by molar-refractivity contribution is 0.0157. The molecule has 1 saturated heterocycles. The number of rotatable bonds is 2. The van der Waals surface area contributed by atoms with Gasteiger partial charge in [-0.1, -0.05) is 0 Å². The molecule has 1 atom stereocenters. The largest absolute Gasteiger partial charge is 0.374 e. The van der Waals surface area contributed by atoms with Gasteiger partial charge in [0.05, 0.1) is 29.4 Å². The van der Waals surface area contributed by atoms with Crippen molar-refractivity contribution in [1.29, 1.82) is 0 Å². The van der Waals surface area contributed by atoms with E-state index in [1.165, 1.54) is 5.69 Å². The van der Waals surface area contributed by atoms with E-state index in [1.54, 1.807) is 0 Å². The maximum absolute atomic E-state index is 5.65. The highest BCUT2D eigenvalue weighted by Crippen LogP contribution is 2.20. The quantitative estimate of drug-likeness (QED) is 0.882. The first kappa shape index (κ1) is 11.1. The molecule has 1 N–H and O–H groups in total. The number of morpholine rings is 1. The van der Waals surface area contributed by atoms with E-state index >= 15 is 0 Å². The highest BCUT2D eigenvalue weighted by atomic mass is 79.9. The van der Waals surface area contributed by atoms with Crippen LogP contribution in [0.25, 0.3) is 0 Å². The summed E-state index contributed by atoms with van der Waals surface area (Å²) in [5.41, 5.74) is 2.21. The van der Waals surface area contributed by atoms with Crippen molar-refractivity contribution in [3.05, 3.63) is 15.9 Å². The number of ether oxygens (including phenoxy) is 1. The Kier molecular flexibility index (Phi) is 3.43. The van der Waals surface area contributed by atoms with Crippen molar-refractivity contribution in [2.45, 2.75) is 26.5 Å². The average Bonchev–Trinajstić information content (AvgIpc) is 2.48. The van der Waals surface area contributed by atoms with Crippen molar-refractivity contribution in [2.24, 2.45) is 0 Å². The van der Waals surface area contributed by atoms with E-state index in [1.807, 2.05) is 11.6 Å². The molecule has 0 amide bonds. The second-order valence-corrected chi connectivity index (χ2v) is 4.66. The van der Waals surface area contributed by atoms with Crippen LogP contribution in [0.4, 0.5) is 0 Å². The van der Waals surface area contributed by atoms with Crippen LogP contribution in [-0.4, -0.2) is 35.6 Å². The molecule has 1 aliphatic rings. The van der Waals surface area contributed by atoms with Crippen LogP contribution in [-0.2, 0) is 11.3 Å². The van der Waals surface area contributed by atoms with Crippen LogP contribution in [0.1, 0.15) is 11.4 Å². The molecular weight excluding hydrogens is 258 g/mol. The zero-order chi connectivity index (χ0) is 10.8. The van der Waals surface area contributed by atoms with E-state index in [0.717, 1.165) is 36.4 Å². The lowest BCUT2D eigenvalue weighted by atomic mass is 10.3. The van der Waals surface area contributed by atoms with Gasteiger partial charge in [0.25, 0.3) is 0 Å². The van der Waals surface area contributed by atoms with E-state index in [-0.39, 0.29) is 6.10 Å². The molecule has 1 aliphatic heterocycles. The summed E-state index contributed by atoms with van der Waals surface area (Å²) in [4.78, 5) is 0. The van der Waals surface area contributed by atoms with Gasteiger partial charge in [0.1, 0.15) is 0 Å². The predicted molar refractivity (Wildman–Crippen MR) is 62.0 cm³/mol. The molecule has 1 aromatic heterocycles. The van der Waals surface area contributed by atoms with Gasteiger partial charge in [0, 0.05) is 18.8 Å². The zero-order valence-corrected chi connectivity index (χ0v) is 10.7. The zero-order valence-electron chi connectivity index (χ0n) is 9.09. The van der Waals surface area contributed by atoms with Gasteiger partial charge in [-0.15, -0.1) is 0 Å². The van der Waals surface area contributed by atoms with Gasteiger partial charge in [-0.3, -0.25) is 4.68 Å². The second kappa shape index (κ2) is 4.63. The molecule has 84 valence electrons. The van der Waals surface area contributed by atoms with Crippen molar-refractivity contribution < 1.29 is 4.74 Å². The van der Waals surface area contributed by atoms with Crippen LogP contribution in [0.5, 0.6) is 0 Å². The van der Waals surface area contributed by atoms with Crippen molar-refractivity contribution in [1.82, 2.24) is 15.1 Å². The molecule has 1 aromatic rings. The van der Waals surface area contributed by atoms with Gasteiger partial charge >= 0.3 is 0 Å². The Morgan fingerprint density at radius 3 is 2.93 bits per heavy atom. The number of hydrogen-bond donors (Lipinski definition) is 1. The number of halogens is 1. The fraction of sp³-hybridized carbons (Fsp3) is 0.700. The van der Waals surface area contributed by atoms with Crippen molar-refractivity contribution in [2.75, 3.05) is 19.7 Å². The van der Waals surface area contributed by atoms with E-state index in [2.05, 4.69) is 33.3 Å². The topological polar surface area (TPSA) is 39.1 Å². The van der Waals surface area contributed by atoms with E-state index < -0.39 is 0 Å². The maximum atomic E-state index is 5.65. The molecule has 0 aliphatic carbocycles. The highest BCUT2D eigenvalue weighted by Gasteiger charge is 2.17. The normalized spacial score (nSPS) is 21.9. The summed E-state index contributed by atoms with van der Waals surface area (Å²) in [6, 6.07) is 0. The lowest BCUT2D eigenvalue weighted by Gasteiger charge is -2.23. The van der Waals surface area contributed by atoms with Gasteiger partial charge in [-0.25, -0.2) is 0 Å². The minimum absolute atomic E-state index is 0.239. The highest BCUT2D eigenvalue weighted by molar-refractivity contribution is 9.10. The summed E-state index contributed by atoms with van der Waals surface area (Å²) in [6.45, 7) is 7.57. The molecule has 0 aromatic carbocycles. The number of hydrogen-bond acceptors (Lipinski definition) is 3. The van der Waals surface area contributed by atoms with Crippen LogP contribution in [0, 0.1) is 13.8 Å². The summed E-state index contributed by atoms with van der Waals surface area (Å²) < 4.78 is 8.76. The molecule has 0 spiro atoms. The third kappa shape index (κ3) is 2.41. The molecule has 4 nitrogen and oxygen atoms in total. The third-order valence-corrected chi connectivity index (χ3v) is 3.82. The summed E-state index contributed by atoms with van der Waals surface area (Å²) in [6.07, 6.45) is 0.239. The summed E-state index contributed by atoms with van der Waals surface area (Å²) in [5, 5.41) is 7.78. The van der Waals surface area contributed by atoms with E-state index in [4.69, 9.17) is 4.74 Å². The fourth-order valence-electron chi connectivity index (χ4n) is 1.78. The summed E-state index contributed by atoms with van der Waals surface area (Å²) in [7, 11) is 0. The Morgan fingerprint density at radius 1 is 1.60 bits per heavy atom. The van der Waals surface area contributed by atoms with Gasteiger partial charge in [-0.05, 0) is 29.8 Å². The van der Waals surface area contributed by atoms with Crippen LogP contribution in [0.3, 0.4) is 0 Å². The Morgan fingerprint density at radius 2 is 2.40 bits per heavy atom. The first-order valence-electron chi connectivity index (χ1n) is 5.20. The SMILES string of the molecule is Cc1nn(CC2CNCCO2)c(C)c1Br. The van der Waals surface area contributed by atoms with Crippen molar-refractivity contribution in [3.8, 4) is 0 Å². The molecule has 5 heteroatoms. The van der Waals surface area contributed by atoms with Gasteiger partial charge in [-0.2, -0.15) is 5.10 Å². The Labute approximate surface area is 98.1 Å². The third-order valence-electron chi connectivity index (χ3n) is 2.67. The Balaban J connectivity index is 2.06. The average molecular weight is 274 g/mol. The van der Waals surface area contributed by atoms with Gasteiger partial charge in [0.15, 0.2) is 0 Å². The van der Waals surface area contributed by atoms with Crippen LogP contribution in [0.15, 0.2) is 4.47 Å². The Hall–Kier alpha value is -0.390. The van der Waals surface area contributed by atoms with Crippen LogP contribution < -0.4 is 5.32 Å². The molecule has 1 fully saturated rings. The van der Waals surface area contributed by atoms with Gasteiger partial charge < -0.3 is 10.1 Å². The van der Waals surface area contributed by atoms with E-state index in [0.29, 0.717) is 0 Å². The minimum Gasteiger partial charge on any atom is -0.374 e. The number of aryl methyl sites for hydroxylation is 1. The number of nitrogens with zero attached hydrogens (tertiary/aromatic N) is 2. The first-order chi connectivity index (χ1) is 7.18. The molecule has 1 unspecified atom stereocenters. The van der Waals surface area contributed by atoms with Crippen molar-refractivity contribution >= 4 is 15.9 Å². The molecule has 0 bridgehead atoms. The minimum atomic E-state index is 0.239. The molecular formula is C10H16BrN3O. The van der Waals surface area contributed by atoms with E-state index in [9.17, 15) is 0 Å². The van der Waals surface area contributed by atoms with Crippen LogP contribution >= 0.6 is 15.9 Å². The van der Waals surface area contributed by atoms with Gasteiger partial charge in [0.2, 0.25) is 0 Å². The summed E-state index contributed by atoms with van der Waals surface area (Å²) in [5.74, 6) is 0. The molecule has 15 heavy (non-hydrogen) atoms. The fourth-order valence-corrected chi connectivity index (χ4v) is 2.07. The summed E-state index contributed by atoms with van der Waals surface area (Å²) >= 11 is 3.52. The number of nitrogens with one attached hydrogen (secondary N) is 1. The lowest BCUT2D eigenvalue weighted by Crippen LogP contribution is -2.41. The second-order valence-electron chi connectivity index (χ2n) is 3.86. The predicted octanol–water partition coefficient (Wildman–Crippen LogP) is 1.25.